The zero-order valence-corrected chi connectivity index (χ0v) is 17.2. The first-order valence-electron chi connectivity index (χ1n) is 10.0. The number of benzene rings is 1. The van der Waals surface area contributed by atoms with Gasteiger partial charge in [-0.2, -0.15) is 0 Å². The average Bonchev–Trinajstić information content (AvgIpc) is 3.33. The number of thioether (sulfide) groups is 1. The molecule has 0 spiro atoms. The topological polar surface area (TPSA) is 69.6 Å². The molecular weight excluding hydrogens is 386 g/mol. The Kier molecular flexibility index (Phi) is 6.29. The van der Waals surface area contributed by atoms with Crippen LogP contribution in [0.2, 0.25) is 0 Å². The Bertz CT molecular complexity index is 849. The fraction of sp³-hybridized carbons (Fsp3) is 0.429. The molecule has 2 amide bonds. The van der Waals surface area contributed by atoms with E-state index in [9.17, 15) is 9.59 Å². The number of amides is 2. The molecule has 0 saturated carbocycles. The van der Waals surface area contributed by atoms with Crippen LogP contribution in [0.3, 0.4) is 0 Å². The molecule has 2 aliphatic rings. The largest absolute Gasteiger partial charge is 0.342 e. The van der Waals surface area contributed by atoms with Crippen molar-refractivity contribution in [1.82, 2.24) is 19.8 Å². The predicted octanol–water partition coefficient (Wildman–Crippen LogP) is 2.15. The highest BCUT2D eigenvalue weighted by Gasteiger charge is 2.25. The third kappa shape index (κ3) is 4.70. The number of nitrogens with zero attached hydrogens (tertiary/aromatic N) is 5. The van der Waals surface area contributed by atoms with Crippen molar-refractivity contribution < 1.29 is 9.59 Å². The van der Waals surface area contributed by atoms with Crippen LogP contribution in [-0.4, -0.2) is 76.6 Å². The number of carbonyl (C=O) groups excluding carboxylic acids is 2. The fourth-order valence-electron chi connectivity index (χ4n) is 3.70. The van der Waals surface area contributed by atoms with Crippen molar-refractivity contribution >= 4 is 29.5 Å². The van der Waals surface area contributed by atoms with Crippen LogP contribution < -0.4 is 4.90 Å². The van der Waals surface area contributed by atoms with E-state index in [1.54, 1.807) is 18.5 Å². The number of carbonyl (C=O) groups is 2. The molecule has 0 atom stereocenters. The van der Waals surface area contributed by atoms with E-state index in [1.165, 1.54) is 11.8 Å². The normalized spacial score (nSPS) is 16.9. The van der Waals surface area contributed by atoms with E-state index in [0.29, 0.717) is 43.4 Å². The Morgan fingerprint density at radius 2 is 1.55 bits per heavy atom. The lowest BCUT2D eigenvalue weighted by molar-refractivity contribution is -0.127. The van der Waals surface area contributed by atoms with Gasteiger partial charge in [-0.05, 0) is 31.0 Å². The number of aromatic nitrogens is 2. The van der Waals surface area contributed by atoms with E-state index in [1.807, 2.05) is 34.1 Å². The van der Waals surface area contributed by atoms with Crippen LogP contribution >= 0.6 is 11.8 Å². The Morgan fingerprint density at radius 3 is 2.28 bits per heavy atom. The summed E-state index contributed by atoms with van der Waals surface area (Å²) in [4.78, 5) is 40.8. The smallest absolute Gasteiger partial charge is 0.255 e. The summed E-state index contributed by atoms with van der Waals surface area (Å²) in [6, 6.07) is 9.39. The van der Waals surface area contributed by atoms with Crippen molar-refractivity contribution in [2.75, 3.05) is 49.9 Å². The first-order chi connectivity index (χ1) is 14.2. The Hall–Kier alpha value is -2.61. The number of hydrogen-bond donors (Lipinski definition) is 0. The third-order valence-electron chi connectivity index (χ3n) is 5.33. The van der Waals surface area contributed by atoms with Gasteiger partial charge in [-0.3, -0.25) is 9.59 Å². The standard InChI is InChI=1S/C21H25N5O2S/c27-19(24-10-3-4-11-24)16-29-18-7-2-1-6-17(18)20(28)25-12-14-26(15-13-25)21-22-8-5-9-23-21/h1-2,5-9H,3-4,10-16H2. The van der Waals surface area contributed by atoms with Crippen LogP contribution in [0.15, 0.2) is 47.6 Å². The summed E-state index contributed by atoms with van der Waals surface area (Å²) in [6.45, 7) is 4.38. The highest BCUT2D eigenvalue weighted by Crippen LogP contribution is 2.25. The molecule has 0 radical (unpaired) electrons. The van der Waals surface area contributed by atoms with Gasteiger partial charge in [0.15, 0.2) is 0 Å². The summed E-state index contributed by atoms with van der Waals surface area (Å²) in [5, 5.41) is 0. The van der Waals surface area contributed by atoms with E-state index in [4.69, 9.17) is 0 Å². The molecule has 7 nitrogen and oxygen atoms in total. The molecule has 3 heterocycles. The second-order valence-corrected chi connectivity index (χ2v) is 8.22. The maximum atomic E-state index is 13.1. The zero-order chi connectivity index (χ0) is 20.1. The molecule has 29 heavy (non-hydrogen) atoms. The summed E-state index contributed by atoms with van der Waals surface area (Å²) in [7, 11) is 0. The highest BCUT2D eigenvalue weighted by molar-refractivity contribution is 8.00. The molecule has 2 aromatic rings. The van der Waals surface area contributed by atoms with Gasteiger partial charge in [-0.1, -0.05) is 12.1 Å². The number of anilines is 1. The minimum Gasteiger partial charge on any atom is -0.342 e. The summed E-state index contributed by atoms with van der Waals surface area (Å²) >= 11 is 1.46. The Balaban J connectivity index is 1.37. The highest BCUT2D eigenvalue weighted by atomic mass is 32.2. The minimum atomic E-state index is 0.0235. The van der Waals surface area contributed by atoms with Crippen molar-refractivity contribution in [1.29, 1.82) is 0 Å². The minimum absolute atomic E-state index is 0.0235. The maximum Gasteiger partial charge on any atom is 0.255 e. The second-order valence-electron chi connectivity index (χ2n) is 7.20. The molecule has 2 aliphatic heterocycles. The molecule has 152 valence electrons. The van der Waals surface area contributed by atoms with Crippen molar-refractivity contribution in [3.8, 4) is 0 Å². The van der Waals surface area contributed by atoms with Crippen molar-refractivity contribution in [3.05, 3.63) is 48.3 Å². The van der Waals surface area contributed by atoms with E-state index in [2.05, 4.69) is 14.9 Å². The molecule has 0 N–H and O–H groups in total. The average molecular weight is 412 g/mol. The molecule has 1 aromatic heterocycles. The SMILES string of the molecule is O=C(CSc1ccccc1C(=O)N1CCN(c2ncccn2)CC1)N1CCCC1. The van der Waals surface area contributed by atoms with Gasteiger partial charge in [0.2, 0.25) is 11.9 Å². The molecule has 4 rings (SSSR count). The molecule has 0 unspecified atom stereocenters. The second kappa shape index (κ2) is 9.26. The number of likely N-dealkylation sites (tertiary alicyclic amines) is 1. The van der Waals surface area contributed by atoms with Crippen LogP contribution in [-0.2, 0) is 4.79 Å². The number of rotatable bonds is 5. The quantitative estimate of drug-likeness (QED) is 0.703. The van der Waals surface area contributed by atoms with Crippen LogP contribution in [0.4, 0.5) is 5.95 Å². The van der Waals surface area contributed by atoms with Gasteiger partial charge >= 0.3 is 0 Å². The van der Waals surface area contributed by atoms with Crippen molar-refractivity contribution in [3.63, 3.8) is 0 Å². The maximum absolute atomic E-state index is 13.1. The summed E-state index contributed by atoms with van der Waals surface area (Å²) in [6.07, 6.45) is 5.64. The molecule has 2 saturated heterocycles. The lowest BCUT2D eigenvalue weighted by Crippen LogP contribution is -2.49. The first-order valence-corrected chi connectivity index (χ1v) is 11.0. The van der Waals surface area contributed by atoms with Gasteiger partial charge in [0.05, 0.1) is 11.3 Å². The van der Waals surface area contributed by atoms with Gasteiger partial charge in [-0.15, -0.1) is 11.8 Å². The van der Waals surface area contributed by atoms with E-state index >= 15 is 0 Å². The fourth-order valence-corrected chi connectivity index (χ4v) is 4.65. The van der Waals surface area contributed by atoms with Crippen LogP contribution in [0, 0.1) is 0 Å². The molecule has 0 aliphatic carbocycles. The first kappa shape index (κ1) is 19.7. The predicted molar refractivity (Wildman–Crippen MR) is 113 cm³/mol. The van der Waals surface area contributed by atoms with Gasteiger partial charge in [-0.25, -0.2) is 9.97 Å². The van der Waals surface area contributed by atoms with Crippen molar-refractivity contribution in [2.45, 2.75) is 17.7 Å². The molecule has 0 bridgehead atoms. The Labute approximate surface area is 175 Å². The molecule has 2 fully saturated rings. The van der Waals surface area contributed by atoms with E-state index in [-0.39, 0.29) is 11.8 Å². The molecular formula is C21H25N5O2S. The number of hydrogen-bond acceptors (Lipinski definition) is 6. The Morgan fingerprint density at radius 1 is 0.862 bits per heavy atom. The molecule has 8 heteroatoms. The number of piperazine rings is 1. The van der Waals surface area contributed by atoms with Gasteiger partial charge < -0.3 is 14.7 Å². The summed E-state index contributed by atoms with van der Waals surface area (Å²) in [5.41, 5.74) is 0.677. The zero-order valence-electron chi connectivity index (χ0n) is 16.4. The van der Waals surface area contributed by atoms with E-state index in [0.717, 1.165) is 30.8 Å². The lowest BCUT2D eigenvalue weighted by atomic mass is 10.2. The van der Waals surface area contributed by atoms with Crippen LogP contribution in [0.25, 0.3) is 0 Å². The van der Waals surface area contributed by atoms with Crippen LogP contribution in [0.1, 0.15) is 23.2 Å². The third-order valence-corrected chi connectivity index (χ3v) is 6.39. The summed E-state index contributed by atoms with van der Waals surface area (Å²) in [5.74, 6) is 1.27. The lowest BCUT2D eigenvalue weighted by Gasteiger charge is -2.35. The van der Waals surface area contributed by atoms with Gasteiger partial charge in [0, 0.05) is 56.6 Å². The molecule has 1 aromatic carbocycles. The van der Waals surface area contributed by atoms with Crippen LogP contribution in [0.5, 0.6) is 0 Å². The van der Waals surface area contributed by atoms with E-state index < -0.39 is 0 Å². The van der Waals surface area contributed by atoms with Crippen molar-refractivity contribution in [2.24, 2.45) is 0 Å². The van der Waals surface area contributed by atoms with Gasteiger partial charge in [0.1, 0.15) is 0 Å². The summed E-state index contributed by atoms with van der Waals surface area (Å²) < 4.78 is 0. The monoisotopic (exact) mass is 411 g/mol. The van der Waals surface area contributed by atoms with Gasteiger partial charge in [0.25, 0.3) is 5.91 Å².